The molecule has 0 bridgehead atoms. The first-order chi connectivity index (χ1) is 12.1. The fourth-order valence-corrected chi connectivity index (χ4v) is 3.22. The van der Waals surface area contributed by atoms with Crippen LogP contribution < -0.4 is 15.4 Å². The van der Waals surface area contributed by atoms with Crippen molar-refractivity contribution < 1.29 is 13.2 Å². The zero-order chi connectivity index (χ0) is 19.6. The maximum absolute atomic E-state index is 11.4. The highest BCUT2D eigenvalue weighted by Gasteiger charge is 2.20. The van der Waals surface area contributed by atoms with Crippen LogP contribution in [0.4, 0.5) is 0 Å². The monoisotopic (exact) mass is 511 g/mol. The van der Waals surface area contributed by atoms with Crippen molar-refractivity contribution in [1.29, 1.82) is 0 Å². The van der Waals surface area contributed by atoms with Gasteiger partial charge in [-0.1, -0.05) is 26.0 Å². The van der Waals surface area contributed by atoms with Crippen molar-refractivity contribution in [2.45, 2.75) is 33.6 Å². The molecule has 1 aromatic carbocycles. The van der Waals surface area contributed by atoms with Gasteiger partial charge in [0.05, 0.1) is 12.9 Å². The summed E-state index contributed by atoms with van der Waals surface area (Å²) in [5, 5.41) is 6.56. The van der Waals surface area contributed by atoms with E-state index in [0.717, 1.165) is 31.2 Å². The number of hydrogen-bond donors (Lipinski definition) is 2. The van der Waals surface area contributed by atoms with E-state index in [2.05, 4.69) is 27.8 Å². The molecule has 0 saturated heterocycles. The standard InChI is InChI=1S/C19H33N3O3S.HI/c1-6-20-18(22-15-19(2,3)12-14-26(5,23)24)21-13-11-16-7-9-17(25-4)10-8-16;/h7-10H,6,11-15H2,1-5H3,(H2,20,21,22);1H. The molecule has 0 aliphatic carbocycles. The van der Waals surface area contributed by atoms with Gasteiger partial charge in [-0.3, -0.25) is 4.99 Å². The summed E-state index contributed by atoms with van der Waals surface area (Å²) in [5.74, 6) is 1.80. The number of sulfone groups is 1. The number of nitrogens with zero attached hydrogens (tertiary/aromatic N) is 1. The van der Waals surface area contributed by atoms with Crippen molar-refractivity contribution >= 4 is 39.8 Å². The highest BCUT2D eigenvalue weighted by Crippen LogP contribution is 2.21. The van der Waals surface area contributed by atoms with Crippen LogP contribution in [0.25, 0.3) is 0 Å². The number of benzene rings is 1. The summed E-state index contributed by atoms with van der Waals surface area (Å²) in [7, 11) is -1.28. The molecule has 1 rings (SSSR count). The van der Waals surface area contributed by atoms with Gasteiger partial charge >= 0.3 is 0 Å². The number of halogens is 1. The van der Waals surface area contributed by atoms with Gasteiger partial charge in [0, 0.05) is 25.9 Å². The normalized spacial score (nSPS) is 12.3. The second-order valence-corrected chi connectivity index (χ2v) is 9.52. The van der Waals surface area contributed by atoms with E-state index in [4.69, 9.17) is 4.74 Å². The van der Waals surface area contributed by atoms with Crippen molar-refractivity contribution in [2.75, 3.05) is 38.8 Å². The molecule has 0 heterocycles. The van der Waals surface area contributed by atoms with Gasteiger partial charge in [0.25, 0.3) is 0 Å². The Labute approximate surface area is 181 Å². The summed E-state index contributed by atoms with van der Waals surface area (Å²) < 4.78 is 27.9. The largest absolute Gasteiger partial charge is 0.497 e. The SMILES string of the molecule is CCNC(=NCC(C)(C)CCS(C)(=O)=O)NCCc1ccc(OC)cc1.I. The van der Waals surface area contributed by atoms with E-state index in [-0.39, 0.29) is 35.1 Å². The molecule has 0 fully saturated rings. The molecule has 2 N–H and O–H groups in total. The van der Waals surface area contributed by atoms with Crippen LogP contribution in [0.1, 0.15) is 32.8 Å². The first-order valence-corrected chi connectivity index (χ1v) is 11.0. The summed E-state index contributed by atoms with van der Waals surface area (Å²) in [4.78, 5) is 4.62. The fraction of sp³-hybridized carbons (Fsp3) is 0.632. The van der Waals surface area contributed by atoms with Crippen molar-refractivity contribution in [1.82, 2.24) is 10.6 Å². The summed E-state index contributed by atoms with van der Waals surface area (Å²) in [6.07, 6.45) is 2.75. The van der Waals surface area contributed by atoms with Crippen LogP contribution in [0.3, 0.4) is 0 Å². The molecule has 0 spiro atoms. The van der Waals surface area contributed by atoms with Crippen molar-refractivity contribution in [3.05, 3.63) is 29.8 Å². The fourth-order valence-electron chi connectivity index (χ4n) is 2.29. The number of hydrogen-bond acceptors (Lipinski definition) is 4. The van der Waals surface area contributed by atoms with Crippen molar-refractivity contribution in [3.8, 4) is 5.75 Å². The van der Waals surface area contributed by atoms with Crippen LogP contribution in [-0.4, -0.2) is 53.1 Å². The average Bonchev–Trinajstić information content (AvgIpc) is 2.58. The predicted molar refractivity (Wildman–Crippen MR) is 124 cm³/mol. The molecule has 27 heavy (non-hydrogen) atoms. The minimum absolute atomic E-state index is 0. The van der Waals surface area contributed by atoms with Crippen LogP contribution in [0, 0.1) is 5.41 Å². The number of rotatable bonds is 10. The van der Waals surface area contributed by atoms with Gasteiger partial charge in [0.15, 0.2) is 5.96 Å². The molecule has 0 aliphatic heterocycles. The van der Waals surface area contributed by atoms with Gasteiger partial charge in [0.1, 0.15) is 15.6 Å². The average molecular weight is 511 g/mol. The van der Waals surface area contributed by atoms with E-state index in [1.807, 2.05) is 32.9 Å². The lowest BCUT2D eigenvalue weighted by molar-refractivity contribution is 0.365. The highest BCUT2D eigenvalue weighted by atomic mass is 127. The zero-order valence-corrected chi connectivity index (χ0v) is 20.2. The molecule has 8 heteroatoms. The van der Waals surface area contributed by atoms with E-state index in [1.54, 1.807) is 7.11 Å². The topological polar surface area (TPSA) is 79.8 Å². The van der Waals surface area contributed by atoms with Crippen molar-refractivity contribution in [3.63, 3.8) is 0 Å². The first-order valence-electron chi connectivity index (χ1n) is 8.98. The number of methoxy groups -OCH3 is 1. The van der Waals surface area contributed by atoms with Crippen LogP contribution in [0.2, 0.25) is 0 Å². The Balaban J connectivity index is 0.00000676. The second-order valence-electron chi connectivity index (χ2n) is 7.26. The van der Waals surface area contributed by atoms with E-state index in [1.165, 1.54) is 11.8 Å². The predicted octanol–water partition coefficient (Wildman–Crippen LogP) is 2.87. The molecule has 0 aromatic heterocycles. The maximum Gasteiger partial charge on any atom is 0.191 e. The number of ether oxygens (including phenoxy) is 1. The van der Waals surface area contributed by atoms with Gasteiger partial charge in [-0.25, -0.2) is 8.42 Å². The molecule has 0 atom stereocenters. The molecule has 6 nitrogen and oxygen atoms in total. The highest BCUT2D eigenvalue weighted by molar-refractivity contribution is 14.0. The van der Waals surface area contributed by atoms with E-state index < -0.39 is 9.84 Å². The molecule has 0 aliphatic rings. The second kappa shape index (κ2) is 12.4. The molecular weight excluding hydrogens is 477 g/mol. The van der Waals surface area contributed by atoms with Gasteiger partial charge in [-0.15, -0.1) is 24.0 Å². The maximum atomic E-state index is 11.4. The Morgan fingerprint density at radius 1 is 1.19 bits per heavy atom. The van der Waals surface area contributed by atoms with Crippen LogP contribution in [0.5, 0.6) is 5.75 Å². The third-order valence-electron chi connectivity index (χ3n) is 4.02. The Bertz CT molecular complexity index is 674. The van der Waals surface area contributed by atoms with Crippen molar-refractivity contribution in [2.24, 2.45) is 10.4 Å². The van der Waals surface area contributed by atoms with Crippen LogP contribution in [0.15, 0.2) is 29.3 Å². The quantitative estimate of drug-likeness (QED) is 0.287. The molecule has 0 saturated carbocycles. The molecule has 0 unspecified atom stereocenters. The Kier molecular flexibility index (Phi) is 12.0. The van der Waals surface area contributed by atoms with E-state index in [9.17, 15) is 8.42 Å². The molecular formula is C19H34IN3O3S. The van der Waals surface area contributed by atoms with Gasteiger partial charge in [-0.05, 0) is 42.9 Å². The lowest BCUT2D eigenvalue weighted by atomic mass is 9.90. The smallest absolute Gasteiger partial charge is 0.191 e. The number of nitrogens with one attached hydrogen (secondary N) is 2. The van der Waals surface area contributed by atoms with E-state index >= 15 is 0 Å². The minimum atomic E-state index is -2.94. The minimum Gasteiger partial charge on any atom is -0.497 e. The van der Waals surface area contributed by atoms with Gasteiger partial charge < -0.3 is 15.4 Å². The molecule has 0 radical (unpaired) electrons. The third kappa shape index (κ3) is 12.1. The third-order valence-corrected chi connectivity index (χ3v) is 4.97. The summed E-state index contributed by atoms with van der Waals surface area (Å²) in [6, 6.07) is 8.02. The van der Waals surface area contributed by atoms with Gasteiger partial charge in [-0.2, -0.15) is 0 Å². The zero-order valence-electron chi connectivity index (χ0n) is 17.0. The summed E-state index contributed by atoms with van der Waals surface area (Å²) in [6.45, 7) is 8.22. The Hall–Kier alpha value is -1.03. The molecule has 156 valence electrons. The van der Waals surface area contributed by atoms with E-state index in [0.29, 0.717) is 13.0 Å². The lowest BCUT2D eigenvalue weighted by Crippen LogP contribution is -2.39. The first kappa shape index (κ1) is 26.0. The molecule has 0 amide bonds. The summed E-state index contributed by atoms with van der Waals surface area (Å²) in [5.41, 5.74) is 1.06. The number of guanidine groups is 1. The summed E-state index contributed by atoms with van der Waals surface area (Å²) >= 11 is 0. The lowest BCUT2D eigenvalue weighted by Gasteiger charge is -2.22. The van der Waals surface area contributed by atoms with Crippen LogP contribution >= 0.6 is 24.0 Å². The van der Waals surface area contributed by atoms with Gasteiger partial charge in [0.2, 0.25) is 0 Å². The Morgan fingerprint density at radius 2 is 1.81 bits per heavy atom. The van der Waals surface area contributed by atoms with Crippen LogP contribution in [-0.2, 0) is 16.3 Å². The Morgan fingerprint density at radius 3 is 2.33 bits per heavy atom. The molecule has 1 aromatic rings. The number of aliphatic imine (C=N–C) groups is 1.